The van der Waals surface area contributed by atoms with Crippen molar-refractivity contribution in [2.45, 2.75) is 23.9 Å². The molecular weight excluding hydrogens is 452 g/mol. The minimum absolute atomic E-state index is 0.0210. The fourth-order valence-corrected chi connectivity index (χ4v) is 5.52. The van der Waals surface area contributed by atoms with E-state index < -0.39 is 9.84 Å². The molecule has 162 valence electrons. The standard InChI is InChI=1S/C23H23ClN2O3S2/c1-31(28,29)20-4-2-3-17(13-20)23(27)25-14-21(16-5-7-19(24)8-6-16)26-11-9-22-18(15-26)10-12-30-22/h2-8,10,12-13,21H,9,11,14-15H2,1H3,(H,25,27). The highest BCUT2D eigenvalue weighted by Crippen LogP contribution is 2.30. The number of amides is 1. The van der Waals surface area contributed by atoms with E-state index >= 15 is 0 Å². The molecule has 0 aliphatic carbocycles. The fraction of sp³-hybridized carbons (Fsp3) is 0.261. The summed E-state index contributed by atoms with van der Waals surface area (Å²) in [7, 11) is -3.38. The molecule has 2 aromatic carbocycles. The third-order valence-corrected chi connectivity index (χ3v) is 7.90. The molecule has 1 aliphatic rings. The predicted octanol–water partition coefficient (Wildman–Crippen LogP) is 4.33. The first kappa shape index (κ1) is 22.0. The van der Waals surface area contributed by atoms with E-state index in [4.69, 9.17) is 11.6 Å². The molecule has 1 N–H and O–H groups in total. The zero-order valence-electron chi connectivity index (χ0n) is 17.0. The van der Waals surface area contributed by atoms with Gasteiger partial charge < -0.3 is 5.32 Å². The lowest BCUT2D eigenvalue weighted by Crippen LogP contribution is -2.40. The first-order chi connectivity index (χ1) is 14.8. The molecule has 1 amide bonds. The van der Waals surface area contributed by atoms with E-state index in [1.165, 1.54) is 22.6 Å². The molecule has 8 heteroatoms. The molecule has 0 fully saturated rings. The smallest absolute Gasteiger partial charge is 0.251 e. The number of halogens is 1. The second kappa shape index (κ2) is 9.12. The molecule has 1 atom stereocenters. The number of hydrogen-bond acceptors (Lipinski definition) is 5. The van der Waals surface area contributed by atoms with Crippen molar-refractivity contribution >= 4 is 38.7 Å². The number of hydrogen-bond donors (Lipinski definition) is 1. The highest BCUT2D eigenvalue weighted by atomic mass is 35.5. The lowest BCUT2D eigenvalue weighted by atomic mass is 10.0. The van der Waals surface area contributed by atoms with Gasteiger partial charge in [-0.15, -0.1) is 11.3 Å². The lowest BCUT2D eigenvalue weighted by Gasteiger charge is -2.35. The lowest BCUT2D eigenvalue weighted by molar-refractivity contribution is 0.0928. The molecule has 3 aromatic rings. The van der Waals surface area contributed by atoms with Crippen LogP contribution in [0.5, 0.6) is 0 Å². The Hall–Kier alpha value is -2.19. The van der Waals surface area contributed by atoms with Crippen molar-refractivity contribution in [3.05, 3.63) is 86.6 Å². The van der Waals surface area contributed by atoms with E-state index in [1.54, 1.807) is 23.5 Å². The Morgan fingerprint density at radius 1 is 1.19 bits per heavy atom. The van der Waals surface area contributed by atoms with Crippen LogP contribution in [0.15, 0.2) is 64.9 Å². The van der Waals surface area contributed by atoms with Crippen LogP contribution in [0.25, 0.3) is 0 Å². The summed E-state index contributed by atoms with van der Waals surface area (Å²) in [6, 6.07) is 16.0. The normalized spacial score (nSPS) is 15.3. The zero-order valence-corrected chi connectivity index (χ0v) is 19.4. The predicted molar refractivity (Wildman–Crippen MR) is 125 cm³/mol. The third-order valence-electron chi connectivity index (χ3n) is 5.51. The topological polar surface area (TPSA) is 66.5 Å². The molecule has 1 aliphatic heterocycles. The van der Waals surface area contributed by atoms with Crippen molar-refractivity contribution in [2.24, 2.45) is 0 Å². The third kappa shape index (κ3) is 5.18. The van der Waals surface area contributed by atoms with Crippen molar-refractivity contribution in [3.63, 3.8) is 0 Å². The summed E-state index contributed by atoms with van der Waals surface area (Å²) in [5.74, 6) is -0.294. The van der Waals surface area contributed by atoms with Crippen LogP contribution in [0.3, 0.4) is 0 Å². The van der Waals surface area contributed by atoms with Crippen LogP contribution in [0, 0.1) is 0 Å². The van der Waals surface area contributed by atoms with Crippen LogP contribution in [0.2, 0.25) is 5.02 Å². The van der Waals surface area contributed by atoms with Crippen molar-refractivity contribution in [1.29, 1.82) is 0 Å². The number of thiophene rings is 1. The SMILES string of the molecule is CS(=O)(=O)c1cccc(C(=O)NCC(c2ccc(Cl)cc2)N2CCc3sccc3C2)c1. The molecule has 4 rings (SSSR count). The summed E-state index contributed by atoms with van der Waals surface area (Å²) in [6.45, 7) is 2.13. The number of carbonyl (C=O) groups excluding carboxylic acids is 1. The summed E-state index contributed by atoms with van der Waals surface area (Å²) in [5, 5.41) is 5.80. The molecular formula is C23H23ClN2O3S2. The van der Waals surface area contributed by atoms with Crippen molar-refractivity contribution in [1.82, 2.24) is 10.2 Å². The van der Waals surface area contributed by atoms with Gasteiger partial charge in [-0.1, -0.05) is 29.8 Å². The van der Waals surface area contributed by atoms with E-state index in [2.05, 4.69) is 21.7 Å². The Kier molecular flexibility index (Phi) is 6.48. The molecule has 5 nitrogen and oxygen atoms in total. The van der Waals surface area contributed by atoms with E-state index in [0.29, 0.717) is 17.1 Å². The van der Waals surface area contributed by atoms with Gasteiger partial charge in [0.05, 0.1) is 10.9 Å². The molecule has 1 aromatic heterocycles. The second-order valence-corrected chi connectivity index (χ2v) is 11.1. The minimum Gasteiger partial charge on any atom is -0.350 e. The average Bonchev–Trinajstić information content (AvgIpc) is 3.22. The van der Waals surface area contributed by atoms with Gasteiger partial charge in [-0.2, -0.15) is 0 Å². The van der Waals surface area contributed by atoms with Crippen LogP contribution in [0.4, 0.5) is 0 Å². The second-order valence-electron chi connectivity index (χ2n) is 7.67. The molecule has 31 heavy (non-hydrogen) atoms. The number of nitrogens with zero attached hydrogens (tertiary/aromatic N) is 1. The maximum atomic E-state index is 12.8. The zero-order chi connectivity index (χ0) is 22.0. The van der Waals surface area contributed by atoms with Crippen LogP contribution >= 0.6 is 22.9 Å². The number of sulfone groups is 1. The van der Waals surface area contributed by atoms with Gasteiger partial charge >= 0.3 is 0 Å². The molecule has 0 saturated heterocycles. The number of rotatable bonds is 6. The van der Waals surface area contributed by atoms with Crippen molar-refractivity contribution in [2.75, 3.05) is 19.3 Å². The largest absolute Gasteiger partial charge is 0.350 e. The number of nitrogens with one attached hydrogen (secondary N) is 1. The maximum Gasteiger partial charge on any atom is 0.251 e. The molecule has 0 radical (unpaired) electrons. The average molecular weight is 475 g/mol. The van der Waals surface area contributed by atoms with Gasteiger partial charge in [-0.25, -0.2) is 8.42 Å². The summed E-state index contributed by atoms with van der Waals surface area (Å²) < 4.78 is 23.6. The summed E-state index contributed by atoms with van der Waals surface area (Å²) in [5.41, 5.74) is 2.74. The highest BCUT2D eigenvalue weighted by Gasteiger charge is 2.26. The van der Waals surface area contributed by atoms with E-state index in [-0.39, 0.29) is 16.8 Å². The molecule has 0 bridgehead atoms. The summed E-state index contributed by atoms with van der Waals surface area (Å²) in [6.07, 6.45) is 2.12. The Morgan fingerprint density at radius 2 is 1.97 bits per heavy atom. The minimum atomic E-state index is -3.38. The Labute approximate surface area is 191 Å². The monoisotopic (exact) mass is 474 g/mol. The van der Waals surface area contributed by atoms with Crippen LogP contribution in [-0.4, -0.2) is 38.6 Å². The van der Waals surface area contributed by atoms with Gasteiger partial charge in [0.2, 0.25) is 0 Å². The molecule has 0 spiro atoms. The highest BCUT2D eigenvalue weighted by molar-refractivity contribution is 7.90. The summed E-state index contributed by atoms with van der Waals surface area (Å²) >= 11 is 7.88. The summed E-state index contributed by atoms with van der Waals surface area (Å²) in [4.78, 5) is 16.7. The molecule has 0 saturated carbocycles. The molecule has 2 heterocycles. The van der Waals surface area contributed by atoms with Crippen molar-refractivity contribution in [3.8, 4) is 0 Å². The Morgan fingerprint density at radius 3 is 2.71 bits per heavy atom. The Bertz CT molecular complexity index is 1190. The fourth-order valence-electron chi connectivity index (χ4n) is 3.84. The number of benzene rings is 2. The van der Waals surface area contributed by atoms with Gasteiger partial charge in [0, 0.05) is 41.4 Å². The first-order valence-electron chi connectivity index (χ1n) is 9.94. The van der Waals surface area contributed by atoms with Gasteiger partial charge in [0.15, 0.2) is 9.84 Å². The Balaban J connectivity index is 1.54. The first-order valence-corrected chi connectivity index (χ1v) is 13.1. The van der Waals surface area contributed by atoms with Gasteiger partial charge in [0.1, 0.15) is 0 Å². The van der Waals surface area contributed by atoms with Crippen LogP contribution in [0.1, 0.15) is 32.4 Å². The van der Waals surface area contributed by atoms with Crippen LogP contribution in [-0.2, 0) is 22.8 Å². The maximum absolute atomic E-state index is 12.8. The van der Waals surface area contributed by atoms with Crippen molar-refractivity contribution < 1.29 is 13.2 Å². The quantitative estimate of drug-likeness (QED) is 0.577. The van der Waals surface area contributed by atoms with Crippen LogP contribution < -0.4 is 5.32 Å². The number of carbonyl (C=O) groups is 1. The van der Waals surface area contributed by atoms with Gasteiger partial charge in [-0.3, -0.25) is 9.69 Å². The van der Waals surface area contributed by atoms with Gasteiger partial charge in [0.25, 0.3) is 5.91 Å². The molecule has 1 unspecified atom stereocenters. The number of fused-ring (bicyclic) bond motifs is 1. The van der Waals surface area contributed by atoms with Gasteiger partial charge in [-0.05, 0) is 59.3 Å². The van der Waals surface area contributed by atoms with E-state index in [9.17, 15) is 13.2 Å². The van der Waals surface area contributed by atoms with E-state index in [1.807, 2.05) is 24.3 Å². The van der Waals surface area contributed by atoms with E-state index in [0.717, 1.165) is 31.3 Å².